The van der Waals surface area contributed by atoms with Gasteiger partial charge in [-0.05, 0) is 12.6 Å². The van der Waals surface area contributed by atoms with Crippen LogP contribution in [0.2, 0.25) is 0 Å². The third-order valence-electron chi connectivity index (χ3n) is 3.08. The lowest BCUT2D eigenvalue weighted by atomic mass is 10.3. The van der Waals surface area contributed by atoms with Gasteiger partial charge in [-0.25, -0.2) is 22.9 Å². The van der Waals surface area contributed by atoms with Crippen molar-refractivity contribution in [1.82, 2.24) is 24.6 Å². The van der Waals surface area contributed by atoms with Crippen molar-refractivity contribution in [3.63, 3.8) is 0 Å². The summed E-state index contributed by atoms with van der Waals surface area (Å²) in [7, 11) is -2.32. The van der Waals surface area contributed by atoms with Crippen molar-refractivity contribution in [3.05, 3.63) is 33.1 Å². The van der Waals surface area contributed by atoms with Crippen LogP contribution >= 0.6 is 12.4 Å². The fraction of sp³-hybridized carbons (Fsp3) is 0.417. The Bertz CT molecular complexity index is 906. The van der Waals surface area contributed by atoms with E-state index in [1.54, 1.807) is 0 Å². The Balaban J connectivity index is 0.00000264. The number of nitrogens with one attached hydrogen (secondary N) is 3. The maximum absolute atomic E-state index is 12.1. The van der Waals surface area contributed by atoms with Crippen molar-refractivity contribution in [2.45, 2.75) is 11.8 Å². The third-order valence-corrected chi connectivity index (χ3v) is 4.51. The Hall–Kier alpha value is -1.75. The predicted molar refractivity (Wildman–Crippen MR) is 88.6 cm³/mol. The summed E-state index contributed by atoms with van der Waals surface area (Å²) in [4.78, 5) is 29.2. The Kier molecular flexibility index (Phi) is 6.45. The van der Waals surface area contributed by atoms with Gasteiger partial charge in [-0.2, -0.15) is 0 Å². The van der Waals surface area contributed by atoms with Crippen LogP contribution < -0.4 is 21.3 Å². The highest BCUT2D eigenvalue weighted by Gasteiger charge is 2.16. The Labute approximate surface area is 138 Å². The first-order valence-corrected chi connectivity index (χ1v) is 8.14. The van der Waals surface area contributed by atoms with Gasteiger partial charge in [0, 0.05) is 26.3 Å². The molecule has 0 amide bonds. The molecule has 0 aliphatic heterocycles. The van der Waals surface area contributed by atoms with Crippen molar-refractivity contribution in [2.24, 2.45) is 7.05 Å². The summed E-state index contributed by atoms with van der Waals surface area (Å²) in [6.07, 6.45) is 1.12. The van der Waals surface area contributed by atoms with E-state index in [0.29, 0.717) is 6.54 Å². The maximum atomic E-state index is 12.1. The zero-order valence-corrected chi connectivity index (χ0v) is 14.3. The number of hydrogen-bond acceptors (Lipinski definition) is 6. The molecule has 23 heavy (non-hydrogen) atoms. The Morgan fingerprint density at radius 2 is 2.00 bits per heavy atom. The molecule has 0 aliphatic carbocycles. The van der Waals surface area contributed by atoms with Crippen LogP contribution in [-0.4, -0.2) is 42.6 Å². The van der Waals surface area contributed by atoms with Crippen molar-refractivity contribution >= 4 is 33.5 Å². The van der Waals surface area contributed by atoms with Gasteiger partial charge in [0.15, 0.2) is 0 Å². The predicted octanol–water partition coefficient (Wildman–Crippen LogP) is -1.07. The summed E-state index contributed by atoms with van der Waals surface area (Å²) < 4.78 is 27.8. The molecule has 0 bridgehead atoms. The summed E-state index contributed by atoms with van der Waals surface area (Å²) in [5.41, 5.74) is -1.15. The molecule has 2 rings (SSSR count). The monoisotopic (exact) mass is 363 g/mol. The number of halogens is 1. The molecule has 0 radical (unpaired) electrons. The number of nitrogens with zero attached hydrogens (tertiary/aromatic N) is 2. The fourth-order valence-corrected chi connectivity index (χ4v) is 2.90. The smallest absolute Gasteiger partial charge is 0.316 e. The molecule has 128 valence electrons. The van der Waals surface area contributed by atoms with Gasteiger partial charge in [0.05, 0.1) is 5.39 Å². The van der Waals surface area contributed by atoms with E-state index in [4.69, 9.17) is 0 Å². The molecule has 0 aromatic carbocycles. The van der Waals surface area contributed by atoms with Crippen LogP contribution in [0.3, 0.4) is 0 Å². The molecular weight excluding hydrogens is 346 g/mol. The van der Waals surface area contributed by atoms with Crippen LogP contribution in [0.4, 0.5) is 0 Å². The quantitative estimate of drug-likeness (QED) is 0.561. The van der Waals surface area contributed by atoms with E-state index in [0.717, 1.165) is 17.3 Å². The number of rotatable bonds is 6. The topological polar surface area (TPSA) is 126 Å². The largest absolute Gasteiger partial charge is 0.329 e. The number of pyridine rings is 1. The van der Waals surface area contributed by atoms with Crippen molar-refractivity contribution in [3.8, 4) is 0 Å². The summed E-state index contributed by atoms with van der Waals surface area (Å²) in [6.45, 7) is 3.37. The lowest BCUT2D eigenvalue weighted by Gasteiger charge is -2.08. The van der Waals surface area contributed by atoms with Gasteiger partial charge in [-0.15, -0.1) is 12.4 Å². The van der Waals surface area contributed by atoms with Crippen molar-refractivity contribution < 1.29 is 8.42 Å². The van der Waals surface area contributed by atoms with Gasteiger partial charge in [0.2, 0.25) is 10.0 Å². The highest BCUT2D eigenvalue weighted by Crippen LogP contribution is 2.11. The van der Waals surface area contributed by atoms with Gasteiger partial charge < -0.3 is 5.32 Å². The van der Waals surface area contributed by atoms with E-state index in [1.165, 1.54) is 13.1 Å². The van der Waals surface area contributed by atoms with E-state index in [9.17, 15) is 18.0 Å². The zero-order valence-electron chi connectivity index (χ0n) is 12.6. The van der Waals surface area contributed by atoms with Gasteiger partial charge in [0.25, 0.3) is 5.56 Å². The molecule has 2 heterocycles. The van der Waals surface area contributed by atoms with E-state index < -0.39 is 21.3 Å². The lowest BCUT2D eigenvalue weighted by molar-refractivity contribution is 0.577. The number of aromatic nitrogens is 3. The molecular formula is C12H18ClN5O4S. The first-order chi connectivity index (χ1) is 10.4. The Morgan fingerprint density at radius 3 is 2.65 bits per heavy atom. The summed E-state index contributed by atoms with van der Waals surface area (Å²) >= 11 is 0. The molecule has 2 aromatic rings. The molecule has 11 heteroatoms. The van der Waals surface area contributed by atoms with E-state index in [-0.39, 0.29) is 34.9 Å². The third kappa shape index (κ3) is 4.16. The normalized spacial score (nSPS) is 11.4. The van der Waals surface area contributed by atoms with Gasteiger partial charge in [0.1, 0.15) is 10.5 Å². The van der Waals surface area contributed by atoms with Crippen LogP contribution in [0.5, 0.6) is 0 Å². The van der Waals surface area contributed by atoms with E-state index in [2.05, 4.69) is 20.0 Å². The van der Waals surface area contributed by atoms with Crippen LogP contribution in [0, 0.1) is 0 Å². The van der Waals surface area contributed by atoms with Crippen molar-refractivity contribution in [2.75, 3.05) is 19.6 Å². The number of aryl methyl sites for hydroxylation is 1. The second-order valence-corrected chi connectivity index (χ2v) is 6.38. The average molecular weight is 364 g/mol. The molecule has 2 aromatic heterocycles. The molecule has 3 N–H and O–H groups in total. The lowest BCUT2D eigenvalue weighted by Crippen LogP contribution is -2.32. The second kappa shape index (κ2) is 7.68. The number of H-pyrrole nitrogens is 1. The minimum atomic E-state index is -3.76. The SMILES string of the molecule is CCNCCNS(=O)(=O)c1cnc2c(c1)c(=O)[nH]c(=O)n2C.Cl. The number of likely N-dealkylation sites (N-methyl/N-ethyl adjacent to an activating group) is 1. The van der Waals surface area contributed by atoms with Gasteiger partial charge >= 0.3 is 5.69 Å². The number of sulfonamides is 1. The molecule has 0 saturated carbocycles. The van der Waals surface area contributed by atoms with Crippen LogP contribution in [0.15, 0.2) is 26.7 Å². The first-order valence-electron chi connectivity index (χ1n) is 6.66. The van der Waals surface area contributed by atoms with Crippen LogP contribution in [0.1, 0.15) is 6.92 Å². The molecule has 0 unspecified atom stereocenters. The van der Waals surface area contributed by atoms with Crippen molar-refractivity contribution in [1.29, 1.82) is 0 Å². The van der Waals surface area contributed by atoms with E-state index in [1.807, 2.05) is 6.92 Å². The summed E-state index contributed by atoms with van der Waals surface area (Å²) in [5, 5.41) is 3.03. The second-order valence-electron chi connectivity index (χ2n) is 4.61. The highest BCUT2D eigenvalue weighted by molar-refractivity contribution is 7.89. The number of fused-ring (bicyclic) bond motifs is 1. The van der Waals surface area contributed by atoms with Gasteiger partial charge in [-0.1, -0.05) is 6.92 Å². The minimum Gasteiger partial charge on any atom is -0.316 e. The van der Waals surface area contributed by atoms with E-state index >= 15 is 0 Å². The van der Waals surface area contributed by atoms with Crippen LogP contribution in [0.25, 0.3) is 11.0 Å². The fourth-order valence-electron chi connectivity index (χ4n) is 1.90. The molecule has 0 aliphatic rings. The number of aromatic amines is 1. The zero-order chi connectivity index (χ0) is 16.3. The molecule has 0 atom stereocenters. The highest BCUT2D eigenvalue weighted by atomic mass is 35.5. The molecule has 0 saturated heterocycles. The molecule has 0 spiro atoms. The molecule has 9 nitrogen and oxygen atoms in total. The molecule has 0 fully saturated rings. The van der Waals surface area contributed by atoms with Crippen LogP contribution in [-0.2, 0) is 17.1 Å². The Morgan fingerprint density at radius 1 is 1.30 bits per heavy atom. The minimum absolute atomic E-state index is 0. The maximum Gasteiger partial charge on any atom is 0.329 e. The standard InChI is InChI=1S/C12H17N5O4S.ClH/c1-3-13-4-5-15-22(20,21)8-6-9-10(14-7-8)17(2)12(19)16-11(9)18;/h6-7,13,15H,3-5H2,1-2H3,(H,16,18,19);1H. The summed E-state index contributed by atoms with van der Waals surface area (Å²) in [6, 6.07) is 1.20. The average Bonchev–Trinajstić information content (AvgIpc) is 2.49. The summed E-state index contributed by atoms with van der Waals surface area (Å²) in [5.74, 6) is 0. The van der Waals surface area contributed by atoms with Gasteiger partial charge in [-0.3, -0.25) is 14.3 Å². The number of hydrogen-bond donors (Lipinski definition) is 3. The first kappa shape index (κ1) is 19.3.